The summed E-state index contributed by atoms with van der Waals surface area (Å²) in [6, 6.07) is 27.9. The molecule has 4 N–H and O–H groups in total. The third kappa shape index (κ3) is 8.99. The lowest BCUT2D eigenvalue weighted by Crippen LogP contribution is -2.29. The zero-order chi connectivity index (χ0) is 32.3. The predicted octanol–water partition coefficient (Wildman–Crippen LogP) is 7.67. The number of carboxylic acids is 1. The highest BCUT2D eigenvalue weighted by atomic mass is 32.2. The number of hydrogen-bond acceptors (Lipinski definition) is 6. The zero-order valence-electron chi connectivity index (χ0n) is 26.1. The molecule has 0 bridgehead atoms. The Labute approximate surface area is 274 Å². The number of aryl methyl sites for hydroxylation is 2. The highest BCUT2D eigenvalue weighted by Crippen LogP contribution is 2.28. The number of amides is 2. The lowest BCUT2D eigenvalue weighted by atomic mass is 10.0. The van der Waals surface area contributed by atoms with Crippen LogP contribution in [-0.2, 0) is 12.8 Å². The van der Waals surface area contributed by atoms with Crippen molar-refractivity contribution in [1.29, 1.82) is 0 Å². The molecule has 4 aromatic rings. The van der Waals surface area contributed by atoms with Crippen LogP contribution >= 0.6 is 11.9 Å². The third-order valence-electron chi connectivity index (χ3n) is 7.99. The molecule has 4 aromatic carbocycles. The number of carbonyl (C=O) groups excluding carboxylic acids is 2. The normalized spacial score (nSPS) is 12.8. The van der Waals surface area contributed by atoms with Crippen molar-refractivity contribution in [1.82, 2.24) is 4.72 Å². The molecule has 1 aliphatic rings. The first-order valence-corrected chi connectivity index (χ1v) is 16.6. The van der Waals surface area contributed by atoms with Gasteiger partial charge in [-0.1, -0.05) is 37.3 Å². The van der Waals surface area contributed by atoms with Gasteiger partial charge in [0, 0.05) is 41.5 Å². The Morgan fingerprint density at radius 2 is 1.46 bits per heavy atom. The van der Waals surface area contributed by atoms with Crippen molar-refractivity contribution in [3.05, 3.63) is 119 Å². The second-order valence-electron chi connectivity index (χ2n) is 11.4. The number of aromatic carboxylic acids is 1. The van der Waals surface area contributed by atoms with Crippen LogP contribution in [-0.4, -0.2) is 42.5 Å². The highest BCUT2D eigenvalue weighted by molar-refractivity contribution is 7.97. The van der Waals surface area contributed by atoms with Crippen molar-refractivity contribution in [3.63, 3.8) is 0 Å². The second-order valence-corrected chi connectivity index (χ2v) is 12.3. The van der Waals surface area contributed by atoms with Crippen LogP contribution in [0.1, 0.15) is 74.8 Å². The van der Waals surface area contributed by atoms with Crippen LogP contribution in [0.25, 0.3) is 0 Å². The van der Waals surface area contributed by atoms with Crippen LogP contribution in [0, 0.1) is 0 Å². The molecule has 1 saturated heterocycles. The maximum absolute atomic E-state index is 13.7. The van der Waals surface area contributed by atoms with Gasteiger partial charge in [-0.15, -0.1) is 0 Å². The van der Waals surface area contributed by atoms with E-state index < -0.39 is 5.97 Å². The molecule has 0 unspecified atom stereocenters. The van der Waals surface area contributed by atoms with Crippen molar-refractivity contribution >= 4 is 46.8 Å². The topological polar surface area (TPSA) is 111 Å². The molecule has 0 aromatic heterocycles. The third-order valence-corrected chi connectivity index (χ3v) is 8.91. The number of benzene rings is 4. The molecule has 8 nitrogen and oxygen atoms in total. The van der Waals surface area contributed by atoms with Gasteiger partial charge in [-0.25, -0.2) is 4.79 Å². The van der Waals surface area contributed by atoms with E-state index in [-0.39, 0.29) is 11.8 Å². The van der Waals surface area contributed by atoms with E-state index in [1.54, 1.807) is 18.2 Å². The number of anilines is 3. The van der Waals surface area contributed by atoms with Gasteiger partial charge in [0.25, 0.3) is 11.8 Å². The Kier molecular flexibility index (Phi) is 11.5. The Hall–Kier alpha value is -4.60. The minimum Gasteiger partial charge on any atom is -0.478 e. The number of carbonyl (C=O) groups is 3. The lowest BCUT2D eigenvalue weighted by Gasteiger charge is -2.29. The predicted molar refractivity (Wildman–Crippen MR) is 186 cm³/mol. The van der Waals surface area contributed by atoms with Crippen LogP contribution in [0.2, 0.25) is 0 Å². The summed E-state index contributed by atoms with van der Waals surface area (Å²) < 4.78 is 3.20. The average Bonchev–Trinajstić information content (AvgIpc) is 3.09. The summed E-state index contributed by atoms with van der Waals surface area (Å²) in [6.45, 7) is 4.71. The first kappa shape index (κ1) is 32.8. The quantitative estimate of drug-likeness (QED) is 0.112. The Morgan fingerprint density at radius 1 is 0.761 bits per heavy atom. The molecule has 1 fully saturated rings. The summed E-state index contributed by atoms with van der Waals surface area (Å²) in [5.41, 5.74) is 5.57. The van der Waals surface area contributed by atoms with Crippen LogP contribution in [0.3, 0.4) is 0 Å². The van der Waals surface area contributed by atoms with Gasteiger partial charge in [0.1, 0.15) is 0 Å². The van der Waals surface area contributed by atoms with Crippen LogP contribution in [0.4, 0.5) is 17.1 Å². The molecular weight excluding hydrogens is 596 g/mol. The van der Waals surface area contributed by atoms with Gasteiger partial charge in [-0.05, 0) is 122 Å². The minimum absolute atomic E-state index is 0.277. The van der Waals surface area contributed by atoms with Gasteiger partial charge in [0.15, 0.2) is 0 Å². The number of carboxylic acid groups (broad SMARTS) is 1. The summed E-state index contributed by atoms with van der Waals surface area (Å²) >= 11 is 1.47. The Balaban J connectivity index is 1.26. The summed E-state index contributed by atoms with van der Waals surface area (Å²) in [6.07, 6.45) is 6.06. The monoisotopic (exact) mass is 636 g/mol. The summed E-state index contributed by atoms with van der Waals surface area (Å²) in [4.78, 5) is 41.3. The van der Waals surface area contributed by atoms with Gasteiger partial charge in [-0.2, -0.15) is 0 Å². The average molecular weight is 637 g/mol. The van der Waals surface area contributed by atoms with Crippen LogP contribution in [0.5, 0.6) is 0 Å². The van der Waals surface area contributed by atoms with E-state index in [0.717, 1.165) is 73.4 Å². The molecule has 2 amide bonds. The van der Waals surface area contributed by atoms with Crippen LogP contribution in [0.15, 0.2) is 95.9 Å². The van der Waals surface area contributed by atoms with E-state index in [4.69, 9.17) is 5.11 Å². The number of nitrogens with zero attached hydrogens (tertiary/aromatic N) is 1. The van der Waals surface area contributed by atoms with E-state index >= 15 is 0 Å². The second kappa shape index (κ2) is 16.1. The fourth-order valence-electron chi connectivity index (χ4n) is 5.49. The molecule has 46 heavy (non-hydrogen) atoms. The molecule has 1 aliphatic heterocycles. The summed E-state index contributed by atoms with van der Waals surface area (Å²) in [5.74, 6) is -1.49. The molecule has 0 aliphatic carbocycles. The van der Waals surface area contributed by atoms with E-state index in [9.17, 15) is 14.4 Å². The van der Waals surface area contributed by atoms with E-state index in [1.807, 2.05) is 79.7 Å². The summed E-state index contributed by atoms with van der Waals surface area (Å²) in [5, 5.41) is 15.1. The molecule has 238 valence electrons. The Bertz CT molecular complexity index is 1650. The molecule has 1 heterocycles. The van der Waals surface area contributed by atoms with Gasteiger partial charge < -0.3 is 20.6 Å². The number of nitrogens with one attached hydrogen (secondary N) is 3. The van der Waals surface area contributed by atoms with E-state index in [2.05, 4.69) is 20.3 Å². The first-order chi connectivity index (χ1) is 22.4. The van der Waals surface area contributed by atoms with Gasteiger partial charge in [0.2, 0.25) is 0 Å². The van der Waals surface area contributed by atoms with Crippen LogP contribution < -0.4 is 20.3 Å². The maximum atomic E-state index is 13.7. The van der Waals surface area contributed by atoms with E-state index in [0.29, 0.717) is 28.1 Å². The fourth-order valence-corrected chi connectivity index (χ4v) is 6.14. The van der Waals surface area contributed by atoms with Crippen molar-refractivity contribution < 1.29 is 19.5 Å². The fraction of sp³-hybridized carbons (Fsp3) is 0.270. The zero-order valence-corrected chi connectivity index (χ0v) is 26.9. The van der Waals surface area contributed by atoms with Crippen molar-refractivity contribution in [2.24, 2.45) is 0 Å². The maximum Gasteiger partial charge on any atom is 0.335 e. The minimum atomic E-state index is -0.921. The molecule has 0 spiro atoms. The molecule has 0 radical (unpaired) electrons. The molecule has 9 heteroatoms. The summed E-state index contributed by atoms with van der Waals surface area (Å²) in [7, 11) is 0. The Morgan fingerprint density at radius 3 is 2.13 bits per heavy atom. The van der Waals surface area contributed by atoms with Gasteiger partial charge in [-0.3, -0.25) is 14.3 Å². The standard InChI is InChI=1S/C37H40N4O4S/c1-2-38-46-32-11-7-10-29(24-32)35(42)40-34-21-20-31(41-22-4-3-5-23-41)25-33(34)36(43)39-30-18-14-27(15-19-30)9-6-8-26-12-16-28(17-13-26)37(44)45/h7,10-21,24-25,38H,2-6,8-9,22-23H2,1H3,(H,39,43)(H,40,42)(H,44,45). The SMILES string of the molecule is CCNSc1cccc(C(=O)Nc2ccc(N3CCCCC3)cc2C(=O)Nc2ccc(CCCc3ccc(C(=O)O)cc3)cc2)c1. The lowest BCUT2D eigenvalue weighted by molar-refractivity contribution is 0.0696. The van der Waals surface area contributed by atoms with Gasteiger partial charge >= 0.3 is 5.97 Å². The van der Waals surface area contributed by atoms with Crippen molar-refractivity contribution in [3.8, 4) is 0 Å². The first-order valence-electron chi connectivity index (χ1n) is 15.8. The molecular formula is C37H40N4O4S. The van der Waals surface area contributed by atoms with Gasteiger partial charge in [0.05, 0.1) is 16.8 Å². The molecule has 0 saturated carbocycles. The van der Waals surface area contributed by atoms with Crippen molar-refractivity contribution in [2.45, 2.75) is 50.3 Å². The number of piperidine rings is 1. The number of hydrogen-bond donors (Lipinski definition) is 4. The molecule has 0 atom stereocenters. The molecule has 5 rings (SSSR count). The smallest absolute Gasteiger partial charge is 0.335 e. The van der Waals surface area contributed by atoms with E-state index in [1.165, 1.54) is 18.4 Å². The highest BCUT2D eigenvalue weighted by Gasteiger charge is 2.19. The largest absolute Gasteiger partial charge is 0.478 e. The van der Waals surface area contributed by atoms with Crippen molar-refractivity contribution in [2.75, 3.05) is 35.2 Å². The number of rotatable bonds is 13.